The molecule has 1 aliphatic heterocycles. The zero-order valence-corrected chi connectivity index (χ0v) is 20.5. The van der Waals surface area contributed by atoms with Gasteiger partial charge in [0.1, 0.15) is 0 Å². The van der Waals surface area contributed by atoms with Gasteiger partial charge in [-0.2, -0.15) is 4.31 Å². The van der Waals surface area contributed by atoms with Crippen LogP contribution in [-0.2, 0) is 19.6 Å². The number of hydrogen-bond acceptors (Lipinski definition) is 6. The molecule has 0 unspecified atom stereocenters. The number of carbonyl (C=O) groups excluding carboxylic acids is 1. The number of carbonyl (C=O) groups is 1. The number of aromatic nitrogens is 1. The van der Waals surface area contributed by atoms with Crippen LogP contribution >= 0.6 is 11.8 Å². The molecule has 174 valence electrons. The Kier molecular flexibility index (Phi) is 7.04. The first kappa shape index (κ1) is 23.7. The van der Waals surface area contributed by atoms with Crippen LogP contribution in [0.25, 0.3) is 10.9 Å². The Morgan fingerprint density at radius 3 is 2.55 bits per heavy atom. The predicted molar refractivity (Wildman–Crippen MR) is 131 cm³/mol. The van der Waals surface area contributed by atoms with E-state index in [0.29, 0.717) is 31.8 Å². The van der Waals surface area contributed by atoms with E-state index in [9.17, 15) is 13.2 Å². The topological polar surface area (TPSA) is 88.6 Å². The van der Waals surface area contributed by atoms with E-state index < -0.39 is 10.0 Å². The number of fused-ring (bicyclic) bond motifs is 1. The lowest BCUT2D eigenvalue weighted by Crippen LogP contribution is -2.40. The van der Waals surface area contributed by atoms with Crippen molar-refractivity contribution in [3.63, 3.8) is 0 Å². The van der Waals surface area contributed by atoms with Crippen molar-refractivity contribution in [2.75, 3.05) is 31.6 Å². The number of nitrogens with one attached hydrogen (secondary N) is 1. The second kappa shape index (κ2) is 9.80. The summed E-state index contributed by atoms with van der Waals surface area (Å²) in [5.41, 5.74) is 3.41. The number of thioether (sulfide) groups is 1. The fraction of sp³-hybridized carbons (Fsp3) is 0.333. The van der Waals surface area contributed by atoms with Gasteiger partial charge in [0.05, 0.1) is 33.9 Å². The molecule has 0 bridgehead atoms. The van der Waals surface area contributed by atoms with Gasteiger partial charge in [0, 0.05) is 24.2 Å². The van der Waals surface area contributed by atoms with Crippen molar-refractivity contribution >= 4 is 44.3 Å². The third kappa shape index (κ3) is 5.22. The highest BCUT2D eigenvalue weighted by molar-refractivity contribution is 8.00. The van der Waals surface area contributed by atoms with Crippen LogP contribution in [0, 0.1) is 13.8 Å². The molecule has 0 radical (unpaired) electrons. The van der Waals surface area contributed by atoms with E-state index in [-0.39, 0.29) is 16.1 Å². The molecular formula is C24H27N3O4S2. The van der Waals surface area contributed by atoms with Crippen LogP contribution in [0.4, 0.5) is 5.69 Å². The molecule has 2 aromatic carbocycles. The molecule has 1 fully saturated rings. The molecule has 2 heterocycles. The van der Waals surface area contributed by atoms with E-state index in [0.717, 1.165) is 27.2 Å². The van der Waals surface area contributed by atoms with E-state index in [1.165, 1.54) is 16.1 Å². The van der Waals surface area contributed by atoms with E-state index in [1.54, 1.807) is 18.2 Å². The Morgan fingerprint density at radius 2 is 1.82 bits per heavy atom. The number of aryl methyl sites for hydroxylation is 2. The van der Waals surface area contributed by atoms with Gasteiger partial charge in [-0.1, -0.05) is 30.0 Å². The first-order valence-electron chi connectivity index (χ1n) is 10.8. The average molecular weight is 486 g/mol. The largest absolute Gasteiger partial charge is 0.379 e. The Morgan fingerprint density at radius 1 is 1.09 bits per heavy atom. The van der Waals surface area contributed by atoms with Gasteiger partial charge >= 0.3 is 0 Å². The van der Waals surface area contributed by atoms with Crippen LogP contribution in [0.1, 0.15) is 18.1 Å². The molecule has 4 rings (SSSR count). The molecule has 1 aliphatic rings. The number of nitrogens with zero attached hydrogens (tertiary/aromatic N) is 2. The minimum atomic E-state index is -3.58. The van der Waals surface area contributed by atoms with Gasteiger partial charge in [0.2, 0.25) is 15.9 Å². The fourth-order valence-corrected chi connectivity index (χ4v) is 6.04. The zero-order chi connectivity index (χ0) is 23.6. The Bertz CT molecular complexity index is 1290. The maximum absolute atomic E-state index is 13.0. The number of para-hydroxylation sites is 1. The number of sulfonamides is 1. The number of ether oxygens (including phenoxy) is 1. The van der Waals surface area contributed by atoms with Gasteiger partial charge in [-0.25, -0.2) is 13.4 Å². The SMILES string of the molecule is Cc1ccccc1NC(=O)[C@H](C)Sc1cc(C)c2cc(S(=O)(=O)N3CCOCC3)ccc2n1. The average Bonchev–Trinajstić information content (AvgIpc) is 2.81. The third-order valence-electron chi connectivity index (χ3n) is 5.64. The van der Waals surface area contributed by atoms with Crippen molar-refractivity contribution in [3.05, 3.63) is 59.7 Å². The Hall–Kier alpha value is -2.46. The Labute approximate surface area is 198 Å². The normalized spacial score (nSPS) is 16.0. The van der Waals surface area contributed by atoms with Gasteiger partial charge in [-0.3, -0.25) is 4.79 Å². The second-order valence-electron chi connectivity index (χ2n) is 8.04. The summed E-state index contributed by atoms with van der Waals surface area (Å²) in [6, 6.07) is 14.6. The van der Waals surface area contributed by atoms with E-state index in [2.05, 4.69) is 10.3 Å². The quantitative estimate of drug-likeness (QED) is 0.531. The highest BCUT2D eigenvalue weighted by Crippen LogP contribution is 2.29. The molecule has 0 aliphatic carbocycles. The van der Waals surface area contributed by atoms with Gasteiger partial charge in [0.25, 0.3) is 0 Å². The van der Waals surface area contributed by atoms with Crippen LogP contribution in [-0.4, -0.2) is 55.2 Å². The number of hydrogen-bond donors (Lipinski definition) is 1. The first-order valence-corrected chi connectivity index (χ1v) is 13.1. The lowest BCUT2D eigenvalue weighted by Gasteiger charge is -2.26. The number of amides is 1. The van der Waals surface area contributed by atoms with Crippen molar-refractivity contribution in [1.82, 2.24) is 9.29 Å². The summed E-state index contributed by atoms with van der Waals surface area (Å²) in [7, 11) is -3.58. The molecule has 1 N–H and O–H groups in total. The lowest BCUT2D eigenvalue weighted by atomic mass is 10.1. The van der Waals surface area contributed by atoms with Crippen molar-refractivity contribution in [3.8, 4) is 0 Å². The maximum atomic E-state index is 13.0. The zero-order valence-electron chi connectivity index (χ0n) is 18.9. The summed E-state index contributed by atoms with van der Waals surface area (Å²) in [5.74, 6) is -0.0965. The molecule has 1 saturated heterocycles. The molecule has 9 heteroatoms. The summed E-state index contributed by atoms with van der Waals surface area (Å²) < 4.78 is 32.7. The molecule has 3 aromatic rings. The predicted octanol–water partition coefficient (Wildman–Crippen LogP) is 3.99. The van der Waals surface area contributed by atoms with Crippen molar-refractivity contribution < 1.29 is 17.9 Å². The van der Waals surface area contributed by atoms with Gasteiger partial charge < -0.3 is 10.1 Å². The van der Waals surface area contributed by atoms with Crippen LogP contribution < -0.4 is 5.32 Å². The molecule has 1 amide bonds. The highest BCUT2D eigenvalue weighted by Gasteiger charge is 2.27. The molecule has 7 nitrogen and oxygen atoms in total. The van der Waals surface area contributed by atoms with Gasteiger partial charge in [-0.15, -0.1) is 0 Å². The molecule has 0 spiro atoms. The van der Waals surface area contributed by atoms with E-state index in [1.807, 2.05) is 51.1 Å². The fourth-order valence-electron chi connectivity index (χ4n) is 3.68. The van der Waals surface area contributed by atoms with Gasteiger partial charge in [-0.05, 0) is 62.2 Å². The minimum Gasteiger partial charge on any atom is -0.379 e. The highest BCUT2D eigenvalue weighted by atomic mass is 32.2. The summed E-state index contributed by atoms with van der Waals surface area (Å²) in [5, 5.41) is 4.12. The van der Waals surface area contributed by atoms with Crippen LogP contribution in [0.3, 0.4) is 0 Å². The Balaban J connectivity index is 1.53. The standard InChI is InChI=1S/C24H27N3O4S2/c1-16-6-4-5-7-21(16)26-24(28)18(3)32-23-14-17(2)20-15-19(8-9-22(20)25-23)33(29,30)27-10-12-31-13-11-27/h4-9,14-15,18H,10-13H2,1-3H3,(H,26,28)/t18-/m0/s1. The molecule has 0 saturated carbocycles. The van der Waals surface area contributed by atoms with E-state index in [4.69, 9.17) is 4.74 Å². The first-order chi connectivity index (χ1) is 15.8. The number of rotatable bonds is 6. The van der Waals surface area contributed by atoms with Crippen LogP contribution in [0.5, 0.6) is 0 Å². The van der Waals surface area contributed by atoms with Crippen molar-refractivity contribution in [2.45, 2.75) is 35.9 Å². The summed E-state index contributed by atoms with van der Waals surface area (Å²) in [4.78, 5) is 17.6. The smallest absolute Gasteiger partial charge is 0.243 e. The number of pyridine rings is 1. The molecule has 1 atom stereocenters. The molecular weight excluding hydrogens is 458 g/mol. The summed E-state index contributed by atoms with van der Waals surface area (Å²) in [6.45, 7) is 7.25. The van der Waals surface area contributed by atoms with Crippen LogP contribution in [0.2, 0.25) is 0 Å². The van der Waals surface area contributed by atoms with Crippen molar-refractivity contribution in [1.29, 1.82) is 0 Å². The maximum Gasteiger partial charge on any atom is 0.243 e. The van der Waals surface area contributed by atoms with Crippen molar-refractivity contribution in [2.24, 2.45) is 0 Å². The minimum absolute atomic E-state index is 0.0965. The van der Waals surface area contributed by atoms with Gasteiger partial charge in [0.15, 0.2) is 0 Å². The number of anilines is 1. The summed E-state index contributed by atoms with van der Waals surface area (Å²) in [6.07, 6.45) is 0. The summed E-state index contributed by atoms with van der Waals surface area (Å²) >= 11 is 1.37. The number of benzene rings is 2. The van der Waals surface area contributed by atoms with Crippen LogP contribution in [0.15, 0.2) is 58.5 Å². The van der Waals surface area contributed by atoms with E-state index >= 15 is 0 Å². The third-order valence-corrected chi connectivity index (χ3v) is 8.55. The number of morpholine rings is 1. The lowest BCUT2D eigenvalue weighted by molar-refractivity contribution is -0.115. The second-order valence-corrected chi connectivity index (χ2v) is 11.3. The monoisotopic (exact) mass is 485 g/mol. The molecule has 33 heavy (non-hydrogen) atoms. The molecule has 1 aromatic heterocycles.